The molecule has 1 aromatic rings. The molecule has 0 saturated carbocycles. The van der Waals surface area contributed by atoms with Gasteiger partial charge in [-0.3, -0.25) is 9.69 Å². The minimum atomic E-state index is -0.0467. The zero-order valence-electron chi connectivity index (χ0n) is 9.65. The molecule has 0 radical (unpaired) electrons. The number of benzene rings is 1. The van der Waals surface area contributed by atoms with Gasteiger partial charge in [-0.25, -0.2) is 0 Å². The van der Waals surface area contributed by atoms with Gasteiger partial charge in [0.25, 0.3) is 0 Å². The predicted molar refractivity (Wildman–Crippen MR) is 65.5 cm³/mol. The van der Waals surface area contributed by atoms with Crippen molar-refractivity contribution in [3.05, 3.63) is 29.8 Å². The topological polar surface area (TPSA) is 56.1 Å². The van der Waals surface area contributed by atoms with E-state index in [1.165, 1.54) is 12.8 Å². The second kappa shape index (κ2) is 5.46. The Kier molecular flexibility index (Phi) is 3.73. The third-order valence-electron chi connectivity index (χ3n) is 2.89. The van der Waals surface area contributed by atoms with Gasteiger partial charge in [-0.1, -0.05) is 12.1 Å². The van der Waals surface area contributed by atoms with Gasteiger partial charge in [0.05, 0.1) is 17.8 Å². The second-order valence-corrected chi connectivity index (χ2v) is 4.19. The number of carbonyl (C=O) groups excluding carboxylic acids is 1. The summed E-state index contributed by atoms with van der Waals surface area (Å²) in [5.74, 6) is -0.0467. The van der Waals surface area contributed by atoms with Gasteiger partial charge in [-0.2, -0.15) is 5.26 Å². The van der Waals surface area contributed by atoms with Crippen LogP contribution in [0.25, 0.3) is 0 Å². The van der Waals surface area contributed by atoms with Gasteiger partial charge in [0.1, 0.15) is 6.07 Å². The summed E-state index contributed by atoms with van der Waals surface area (Å²) in [5, 5.41) is 11.7. The van der Waals surface area contributed by atoms with E-state index >= 15 is 0 Å². The highest BCUT2D eigenvalue weighted by atomic mass is 16.2. The highest BCUT2D eigenvalue weighted by Gasteiger charge is 2.15. The lowest BCUT2D eigenvalue weighted by molar-refractivity contribution is -0.117. The number of nitriles is 1. The van der Waals surface area contributed by atoms with E-state index < -0.39 is 0 Å². The highest BCUT2D eigenvalue weighted by molar-refractivity contribution is 5.93. The summed E-state index contributed by atoms with van der Waals surface area (Å²) in [4.78, 5) is 13.9. The maximum absolute atomic E-state index is 11.8. The number of amides is 1. The minimum Gasteiger partial charge on any atom is -0.324 e. The van der Waals surface area contributed by atoms with E-state index in [4.69, 9.17) is 5.26 Å². The Bertz CT molecular complexity index is 444. The van der Waals surface area contributed by atoms with E-state index in [1.807, 2.05) is 6.07 Å². The molecule has 17 heavy (non-hydrogen) atoms. The molecule has 1 N–H and O–H groups in total. The van der Waals surface area contributed by atoms with Crippen LogP contribution in [0.1, 0.15) is 18.4 Å². The maximum Gasteiger partial charge on any atom is 0.238 e. The summed E-state index contributed by atoms with van der Waals surface area (Å²) in [7, 11) is 0. The van der Waals surface area contributed by atoms with Crippen molar-refractivity contribution in [3.8, 4) is 6.07 Å². The van der Waals surface area contributed by atoms with Crippen molar-refractivity contribution in [1.82, 2.24) is 4.90 Å². The molecule has 4 heteroatoms. The van der Waals surface area contributed by atoms with Crippen molar-refractivity contribution in [2.45, 2.75) is 12.8 Å². The fourth-order valence-electron chi connectivity index (χ4n) is 2.02. The summed E-state index contributed by atoms with van der Waals surface area (Å²) in [6.07, 6.45) is 2.34. The number of likely N-dealkylation sites (tertiary alicyclic amines) is 1. The normalized spacial score (nSPS) is 15.5. The Morgan fingerprint density at radius 1 is 1.35 bits per heavy atom. The molecule has 0 atom stereocenters. The lowest BCUT2D eigenvalue weighted by Gasteiger charge is -2.14. The Morgan fingerprint density at radius 3 is 2.76 bits per heavy atom. The molecule has 0 aliphatic carbocycles. The third-order valence-corrected chi connectivity index (χ3v) is 2.89. The molecule has 1 amide bonds. The number of nitrogens with one attached hydrogen (secondary N) is 1. The second-order valence-electron chi connectivity index (χ2n) is 4.19. The van der Waals surface area contributed by atoms with E-state index in [0.29, 0.717) is 17.8 Å². The molecule has 0 bridgehead atoms. The summed E-state index contributed by atoms with van der Waals surface area (Å²) < 4.78 is 0. The van der Waals surface area contributed by atoms with Crippen molar-refractivity contribution in [2.24, 2.45) is 0 Å². The fraction of sp³-hybridized carbons (Fsp3) is 0.385. The molecule has 2 rings (SSSR count). The Hall–Kier alpha value is -1.86. The van der Waals surface area contributed by atoms with Gasteiger partial charge in [-0.05, 0) is 38.1 Å². The first kappa shape index (κ1) is 11.6. The van der Waals surface area contributed by atoms with Crippen molar-refractivity contribution in [3.63, 3.8) is 0 Å². The van der Waals surface area contributed by atoms with Gasteiger partial charge in [-0.15, -0.1) is 0 Å². The van der Waals surface area contributed by atoms with E-state index in [-0.39, 0.29) is 5.91 Å². The van der Waals surface area contributed by atoms with Crippen molar-refractivity contribution in [2.75, 3.05) is 25.0 Å². The molecule has 1 saturated heterocycles. The first-order valence-electron chi connectivity index (χ1n) is 5.81. The predicted octanol–water partition coefficient (Wildman–Crippen LogP) is 1.59. The van der Waals surface area contributed by atoms with Gasteiger partial charge in [0, 0.05) is 0 Å². The lowest BCUT2D eigenvalue weighted by atomic mass is 10.2. The van der Waals surface area contributed by atoms with E-state index in [0.717, 1.165) is 13.1 Å². The summed E-state index contributed by atoms with van der Waals surface area (Å²) in [5.41, 5.74) is 1.10. The van der Waals surface area contributed by atoms with Crippen LogP contribution in [0.2, 0.25) is 0 Å². The molecule has 1 aliphatic rings. The van der Waals surface area contributed by atoms with Gasteiger partial charge < -0.3 is 5.32 Å². The van der Waals surface area contributed by atoms with Crippen LogP contribution in [0.15, 0.2) is 24.3 Å². The molecular formula is C13H15N3O. The summed E-state index contributed by atoms with van der Waals surface area (Å²) >= 11 is 0. The van der Waals surface area contributed by atoms with Crippen LogP contribution in [0.5, 0.6) is 0 Å². The monoisotopic (exact) mass is 229 g/mol. The van der Waals surface area contributed by atoms with Gasteiger partial charge >= 0.3 is 0 Å². The number of para-hydroxylation sites is 1. The average molecular weight is 229 g/mol. The number of nitrogens with zero attached hydrogens (tertiary/aromatic N) is 2. The first-order chi connectivity index (χ1) is 8.29. The van der Waals surface area contributed by atoms with Gasteiger partial charge in [0.2, 0.25) is 5.91 Å². The van der Waals surface area contributed by atoms with E-state index in [9.17, 15) is 4.79 Å². The standard InChI is InChI=1S/C13H15N3O/c14-9-11-5-1-2-6-12(11)15-13(17)10-16-7-3-4-8-16/h1-2,5-6H,3-4,7-8,10H2,(H,15,17). The van der Waals surface area contributed by atoms with Crippen molar-refractivity contribution in [1.29, 1.82) is 5.26 Å². The largest absolute Gasteiger partial charge is 0.324 e. The Balaban J connectivity index is 1.95. The number of hydrogen-bond donors (Lipinski definition) is 1. The first-order valence-corrected chi connectivity index (χ1v) is 5.81. The van der Waals surface area contributed by atoms with Crippen molar-refractivity contribution < 1.29 is 4.79 Å². The zero-order valence-corrected chi connectivity index (χ0v) is 9.65. The van der Waals surface area contributed by atoms with Crippen LogP contribution in [-0.2, 0) is 4.79 Å². The smallest absolute Gasteiger partial charge is 0.238 e. The average Bonchev–Trinajstić information content (AvgIpc) is 2.82. The molecule has 4 nitrogen and oxygen atoms in total. The fourth-order valence-corrected chi connectivity index (χ4v) is 2.02. The lowest BCUT2D eigenvalue weighted by Crippen LogP contribution is -2.31. The molecule has 0 spiro atoms. The van der Waals surface area contributed by atoms with Crippen LogP contribution >= 0.6 is 0 Å². The molecule has 0 unspecified atom stereocenters. The Labute approximate surface area is 101 Å². The molecule has 1 aliphatic heterocycles. The van der Waals surface area contributed by atoms with Crippen LogP contribution in [0, 0.1) is 11.3 Å². The quantitative estimate of drug-likeness (QED) is 0.856. The van der Waals surface area contributed by atoms with Crippen molar-refractivity contribution >= 4 is 11.6 Å². The molecule has 88 valence electrons. The van der Waals surface area contributed by atoms with E-state index in [2.05, 4.69) is 16.3 Å². The van der Waals surface area contributed by atoms with Crippen LogP contribution in [0.4, 0.5) is 5.69 Å². The number of anilines is 1. The molecule has 1 heterocycles. The molecule has 0 aromatic heterocycles. The molecule has 1 aromatic carbocycles. The number of carbonyl (C=O) groups is 1. The molecule has 1 fully saturated rings. The van der Waals surface area contributed by atoms with Crippen LogP contribution in [-0.4, -0.2) is 30.4 Å². The summed E-state index contributed by atoms with van der Waals surface area (Å²) in [6.45, 7) is 2.40. The SMILES string of the molecule is N#Cc1ccccc1NC(=O)CN1CCCC1. The zero-order chi connectivity index (χ0) is 12.1. The molecular weight excluding hydrogens is 214 g/mol. The highest BCUT2D eigenvalue weighted by Crippen LogP contribution is 2.14. The number of hydrogen-bond acceptors (Lipinski definition) is 3. The third kappa shape index (κ3) is 3.05. The summed E-state index contributed by atoms with van der Waals surface area (Å²) in [6, 6.07) is 9.11. The van der Waals surface area contributed by atoms with Crippen LogP contribution < -0.4 is 5.32 Å². The maximum atomic E-state index is 11.8. The van der Waals surface area contributed by atoms with Gasteiger partial charge in [0.15, 0.2) is 0 Å². The van der Waals surface area contributed by atoms with Crippen LogP contribution in [0.3, 0.4) is 0 Å². The Morgan fingerprint density at radius 2 is 2.06 bits per heavy atom. The van der Waals surface area contributed by atoms with E-state index in [1.54, 1.807) is 18.2 Å². The number of rotatable bonds is 3. The minimum absolute atomic E-state index is 0.0467.